The van der Waals surface area contributed by atoms with Crippen LogP contribution >= 0.6 is 0 Å². The van der Waals surface area contributed by atoms with Gasteiger partial charge in [0.1, 0.15) is 0 Å². The van der Waals surface area contributed by atoms with Crippen molar-refractivity contribution in [3.8, 4) is 0 Å². The number of fused-ring (bicyclic) bond motifs is 1. The van der Waals surface area contributed by atoms with Crippen molar-refractivity contribution in [3.05, 3.63) is 0 Å². The number of nitrogens with one attached hydrogen (secondary N) is 1. The van der Waals surface area contributed by atoms with Crippen LogP contribution in [-0.4, -0.2) is 49.3 Å². The van der Waals surface area contributed by atoms with E-state index in [1.54, 1.807) is 0 Å². The summed E-state index contributed by atoms with van der Waals surface area (Å²) in [4.78, 5) is 2.68. The van der Waals surface area contributed by atoms with Gasteiger partial charge in [0.2, 0.25) is 0 Å². The highest BCUT2D eigenvalue weighted by Crippen LogP contribution is 2.27. The second-order valence-electron chi connectivity index (χ2n) is 5.19. The van der Waals surface area contributed by atoms with Crippen LogP contribution in [0.1, 0.15) is 32.1 Å². The molecular weight excluding hydrogens is 188 g/mol. The highest BCUT2D eigenvalue weighted by Gasteiger charge is 2.35. The molecular formula is C12H22N2O. The molecule has 3 atom stereocenters. The van der Waals surface area contributed by atoms with E-state index >= 15 is 0 Å². The summed E-state index contributed by atoms with van der Waals surface area (Å²) in [5.74, 6) is 0. The Labute approximate surface area is 92.2 Å². The highest BCUT2D eigenvalue weighted by molar-refractivity contribution is 4.94. The number of hydrogen-bond donors (Lipinski definition) is 1. The highest BCUT2D eigenvalue weighted by atomic mass is 16.5. The smallest absolute Gasteiger partial charge is 0.0702 e. The Morgan fingerprint density at radius 3 is 3.07 bits per heavy atom. The molecule has 1 aliphatic carbocycles. The molecule has 0 amide bonds. The van der Waals surface area contributed by atoms with Gasteiger partial charge in [-0.3, -0.25) is 4.90 Å². The minimum Gasteiger partial charge on any atom is -0.377 e. The molecule has 0 spiro atoms. The molecule has 2 aliphatic heterocycles. The molecule has 1 saturated carbocycles. The van der Waals surface area contributed by atoms with Gasteiger partial charge in [0, 0.05) is 38.3 Å². The average Bonchev–Trinajstić information content (AvgIpc) is 2.87. The summed E-state index contributed by atoms with van der Waals surface area (Å²) in [7, 11) is 0. The van der Waals surface area contributed by atoms with Crippen molar-refractivity contribution in [2.75, 3.05) is 26.2 Å². The number of piperazine rings is 1. The Kier molecular flexibility index (Phi) is 2.95. The van der Waals surface area contributed by atoms with Crippen molar-refractivity contribution in [2.45, 2.75) is 50.3 Å². The summed E-state index contributed by atoms with van der Waals surface area (Å²) in [6, 6.07) is 1.59. The molecule has 0 aromatic rings. The molecule has 0 aromatic carbocycles. The lowest BCUT2D eigenvalue weighted by molar-refractivity contribution is 0.0420. The summed E-state index contributed by atoms with van der Waals surface area (Å²) in [5.41, 5.74) is 0. The van der Waals surface area contributed by atoms with Crippen molar-refractivity contribution in [2.24, 2.45) is 0 Å². The standard InChI is InChI=1S/C12H22N2O/c1-4-11-12(5-1)14(7-6-13-11)9-10-3-2-8-15-10/h10-13H,1-9H2/t10-,11+,12+/m0/s1. The quantitative estimate of drug-likeness (QED) is 0.735. The van der Waals surface area contributed by atoms with Crippen molar-refractivity contribution < 1.29 is 4.74 Å². The van der Waals surface area contributed by atoms with Gasteiger partial charge in [-0.2, -0.15) is 0 Å². The molecule has 1 N–H and O–H groups in total. The topological polar surface area (TPSA) is 24.5 Å². The van der Waals surface area contributed by atoms with E-state index in [1.165, 1.54) is 51.7 Å². The fraction of sp³-hybridized carbons (Fsp3) is 1.00. The van der Waals surface area contributed by atoms with Gasteiger partial charge in [0.05, 0.1) is 6.10 Å². The van der Waals surface area contributed by atoms with E-state index in [4.69, 9.17) is 4.74 Å². The van der Waals surface area contributed by atoms with Crippen LogP contribution in [0, 0.1) is 0 Å². The van der Waals surface area contributed by atoms with E-state index in [2.05, 4.69) is 10.2 Å². The minimum atomic E-state index is 0.532. The summed E-state index contributed by atoms with van der Waals surface area (Å²) in [5, 5.41) is 3.65. The van der Waals surface area contributed by atoms with E-state index in [1.807, 2.05) is 0 Å². The van der Waals surface area contributed by atoms with E-state index in [9.17, 15) is 0 Å². The second kappa shape index (κ2) is 4.40. The van der Waals surface area contributed by atoms with Crippen LogP contribution < -0.4 is 5.32 Å². The third kappa shape index (κ3) is 2.05. The van der Waals surface area contributed by atoms with Crippen LogP contribution in [0.5, 0.6) is 0 Å². The van der Waals surface area contributed by atoms with Crippen molar-refractivity contribution >= 4 is 0 Å². The van der Waals surface area contributed by atoms with Crippen LogP contribution in [0.15, 0.2) is 0 Å². The molecule has 15 heavy (non-hydrogen) atoms. The maximum atomic E-state index is 5.74. The van der Waals surface area contributed by atoms with Gasteiger partial charge in [-0.25, -0.2) is 0 Å². The van der Waals surface area contributed by atoms with Gasteiger partial charge < -0.3 is 10.1 Å². The van der Waals surface area contributed by atoms with Gasteiger partial charge in [-0.15, -0.1) is 0 Å². The van der Waals surface area contributed by atoms with Crippen molar-refractivity contribution in [1.29, 1.82) is 0 Å². The minimum absolute atomic E-state index is 0.532. The zero-order valence-corrected chi connectivity index (χ0v) is 9.45. The lowest BCUT2D eigenvalue weighted by Gasteiger charge is -2.39. The van der Waals surface area contributed by atoms with Gasteiger partial charge >= 0.3 is 0 Å². The SMILES string of the molecule is C1CO[C@H](CN2CCN[C@@H]3CCC[C@H]32)C1. The molecule has 3 nitrogen and oxygen atoms in total. The molecule has 3 rings (SSSR count). The van der Waals surface area contributed by atoms with E-state index < -0.39 is 0 Å². The van der Waals surface area contributed by atoms with Gasteiger partial charge in [-0.05, 0) is 25.7 Å². The molecule has 0 bridgehead atoms. The maximum absolute atomic E-state index is 5.74. The molecule has 3 fully saturated rings. The molecule has 86 valence electrons. The van der Waals surface area contributed by atoms with Gasteiger partial charge in [-0.1, -0.05) is 6.42 Å². The Morgan fingerprint density at radius 1 is 1.20 bits per heavy atom. The van der Waals surface area contributed by atoms with Crippen LogP contribution in [0.4, 0.5) is 0 Å². The first-order chi connectivity index (χ1) is 7.43. The van der Waals surface area contributed by atoms with Crippen LogP contribution in [0.2, 0.25) is 0 Å². The average molecular weight is 210 g/mol. The Morgan fingerprint density at radius 2 is 2.20 bits per heavy atom. The largest absolute Gasteiger partial charge is 0.377 e. The zero-order chi connectivity index (χ0) is 10.1. The first-order valence-electron chi connectivity index (χ1n) is 6.52. The third-order valence-corrected chi connectivity index (χ3v) is 4.22. The molecule has 2 saturated heterocycles. The van der Waals surface area contributed by atoms with Crippen LogP contribution in [0.25, 0.3) is 0 Å². The van der Waals surface area contributed by atoms with Gasteiger partial charge in [0.15, 0.2) is 0 Å². The van der Waals surface area contributed by atoms with E-state index in [0.717, 1.165) is 18.7 Å². The van der Waals surface area contributed by atoms with Crippen LogP contribution in [-0.2, 0) is 4.74 Å². The first-order valence-corrected chi connectivity index (χ1v) is 6.52. The van der Waals surface area contributed by atoms with Crippen LogP contribution in [0.3, 0.4) is 0 Å². The zero-order valence-electron chi connectivity index (χ0n) is 9.45. The monoisotopic (exact) mass is 210 g/mol. The normalized spacial score (nSPS) is 42.0. The molecule has 3 aliphatic rings. The van der Waals surface area contributed by atoms with Crippen molar-refractivity contribution in [1.82, 2.24) is 10.2 Å². The number of rotatable bonds is 2. The molecule has 0 unspecified atom stereocenters. The predicted molar refractivity (Wildman–Crippen MR) is 60.0 cm³/mol. The molecule has 3 heteroatoms. The number of hydrogen-bond acceptors (Lipinski definition) is 3. The van der Waals surface area contributed by atoms with E-state index in [0.29, 0.717) is 6.10 Å². The fourth-order valence-corrected chi connectivity index (χ4v) is 3.45. The summed E-state index contributed by atoms with van der Waals surface area (Å²) >= 11 is 0. The number of nitrogens with zero attached hydrogens (tertiary/aromatic N) is 1. The Balaban J connectivity index is 1.59. The summed E-state index contributed by atoms with van der Waals surface area (Å²) in [6.07, 6.45) is 7.26. The lowest BCUT2D eigenvalue weighted by Crippen LogP contribution is -2.56. The summed E-state index contributed by atoms with van der Waals surface area (Å²) < 4.78 is 5.74. The lowest BCUT2D eigenvalue weighted by atomic mass is 10.1. The fourth-order valence-electron chi connectivity index (χ4n) is 3.45. The molecule has 2 heterocycles. The first kappa shape index (κ1) is 10.1. The molecule has 0 aromatic heterocycles. The second-order valence-corrected chi connectivity index (χ2v) is 5.19. The van der Waals surface area contributed by atoms with Crippen molar-refractivity contribution in [3.63, 3.8) is 0 Å². The summed E-state index contributed by atoms with van der Waals surface area (Å²) in [6.45, 7) is 4.57. The molecule has 0 radical (unpaired) electrons. The Bertz CT molecular complexity index is 216. The maximum Gasteiger partial charge on any atom is 0.0702 e. The number of ether oxygens (including phenoxy) is 1. The third-order valence-electron chi connectivity index (χ3n) is 4.22. The van der Waals surface area contributed by atoms with E-state index in [-0.39, 0.29) is 0 Å². The predicted octanol–water partition coefficient (Wildman–Crippen LogP) is 0.992. The van der Waals surface area contributed by atoms with Gasteiger partial charge in [0.25, 0.3) is 0 Å². The Hall–Kier alpha value is -0.120.